The number of hydrogen-bond acceptors (Lipinski definition) is 4. The summed E-state index contributed by atoms with van der Waals surface area (Å²) in [7, 11) is 0. The minimum atomic E-state index is -0.168. The van der Waals surface area contributed by atoms with Crippen LogP contribution in [0.15, 0.2) is 52.4 Å². The summed E-state index contributed by atoms with van der Waals surface area (Å²) in [6, 6.07) is 13.5. The largest absolute Gasteiger partial charge is 0.360 e. The van der Waals surface area contributed by atoms with E-state index in [2.05, 4.69) is 10.5 Å². The molecule has 0 aliphatic carbocycles. The highest BCUT2D eigenvalue weighted by atomic mass is 32.1. The maximum atomic E-state index is 12.6. The van der Waals surface area contributed by atoms with Gasteiger partial charge in [0.15, 0.2) is 0 Å². The van der Waals surface area contributed by atoms with Gasteiger partial charge in [-0.3, -0.25) is 4.79 Å². The number of carbonyl (C=O) groups excluding carboxylic acids is 1. The van der Waals surface area contributed by atoms with Gasteiger partial charge < -0.3 is 9.84 Å². The molecular formula is C17H16N2O2S. The first kappa shape index (κ1) is 14.5. The average molecular weight is 312 g/mol. The lowest BCUT2D eigenvalue weighted by Gasteiger charge is -2.12. The molecule has 0 aliphatic heterocycles. The first-order valence-corrected chi connectivity index (χ1v) is 7.90. The summed E-state index contributed by atoms with van der Waals surface area (Å²) >= 11 is 1.62. The SMILES string of the molecule is Cc1onc(-c2ccccc2)c1C(=O)NC(C)c1cccs1. The van der Waals surface area contributed by atoms with E-state index in [1.807, 2.05) is 54.8 Å². The van der Waals surface area contributed by atoms with Gasteiger partial charge in [-0.15, -0.1) is 11.3 Å². The van der Waals surface area contributed by atoms with Crippen LogP contribution in [0.2, 0.25) is 0 Å². The molecule has 112 valence electrons. The summed E-state index contributed by atoms with van der Waals surface area (Å²) in [5.74, 6) is 0.355. The zero-order chi connectivity index (χ0) is 15.5. The molecule has 0 radical (unpaired) electrons. The molecule has 0 saturated carbocycles. The molecule has 22 heavy (non-hydrogen) atoms. The van der Waals surface area contributed by atoms with Crippen LogP contribution in [0.1, 0.15) is 34.0 Å². The summed E-state index contributed by atoms with van der Waals surface area (Å²) in [6.07, 6.45) is 0. The van der Waals surface area contributed by atoms with Crippen LogP contribution in [0.3, 0.4) is 0 Å². The van der Waals surface area contributed by atoms with Crippen LogP contribution >= 0.6 is 11.3 Å². The van der Waals surface area contributed by atoms with E-state index in [1.54, 1.807) is 18.3 Å². The van der Waals surface area contributed by atoms with E-state index in [4.69, 9.17) is 4.52 Å². The number of hydrogen-bond donors (Lipinski definition) is 1. The Kier molecular flexibility index (Phi) is 4.06. The summed E-state index contributed by atoms with van der Waals surface area (Å²) in [6.45, 7) is 3.72. The number of aromatic nitrogens is 1. The Morgan fingerprint density at radius 2 is 2.00 bits per heavy atom. The maximum Gasteiger partial charge on any atom is 0.257 e. The van der Waals surface area contributed by atoms with E-state index in [1.165, 1.54) is 0 Å². The normalized spacial score (nSPS) is 12.1. The molecular weight excluding hydrogens is 296 g/mol. The first-order valence-electron chi connectivity index (χ1n) is 7.02. The van der Waals surface area contributed by atoms with Crippen molar-refractivity contribution in [3.8, 4) is 11.3 Å². The standard InChI is InChI=1S/C17H16N2O2S/c1-11(14-9-6-10-22-14)18-17(20)15-12(2)21-19-16(15)13-7-4-3-5-8-13/h3-11H,1-2H3,(H,18,20). The van der Waals surface area contributed by atoms with Gasteiger partial charge in [-0.1, -0.05) is 41.6 Å². The molecule has 2 aromatic heterocycles. The number of benzene rings is 1. The molecule has 2 heterocycles. The molecule has 0 spiro atoms. The van der Waals surface area contributed by atoms with E-state index in [9.17, 15) is 4.79 Å². The Bertz CT molecular complexity index is 763. The van der Waals surface area contributed by atoms with E-state index in [-0.39, 0.29) is 11.9 Å². The van der Waals surface area contributed by atoms with Crippen LogP contribution in [0, 0.1) is 6.92 Å². The second-order valence-corrected chi connectivity index (χ2v) is 6.02. The van der Waals surface area contributed by atoms with Crippen molar-refractivity contribution >= 4 is 17.2 Å². The number of rotatable bonds is 4. The van der Waals surface area contributed by atoms with Gasteiger partial charge >= 0.3 is 0 Å². The monoisotopic (exact) mass is 312 g/mol. The predicted octanol–water partition coefficient (Wildman–Crippen LogP) is 4.20. The second-order valence-electron chi connectivity index (χ2n) is 5.04. The van der Waals surface area contributed by atoms with E-state index >= 15 is 0 Å². The minimum absolute atomic E-state index is 0.0505. The number of carbonyl (C=O) groups is 1. The van der Waals surface area contributed by atoms with Gasteiger partial charge in [0.1, 0.15) is 17.0 Å². The number of thiophene rings is 1. The predicted molar refractivity (Wildman–Crippen MR) is 86.9 cm³/mol. The fraction of sp³-hybridized carbons (Fsp3) is 0.176. The van der Waals surface area contributed by atoms with Crippen molar-refractivity contribution in [1.82, 2.24) is 10.5 Å². The highest BCUT2D eigenvalue weighted by Crippen LogP contribution is 2.26. The van der Waals surface area contributed by atoms with Crippen LogP contribution < -0.4 is 5.32 Å². The number of aryl methyl sites for hydroxylation is 1. The van der Waals surface area contributed by atoms with Gasteiger partial charge in [0.25, 0.3) is 5.91 Å². The molecule has 1 N–H and O–H groups in total. The zero-order valence-corrected chi connectivity index (χ0v) is 13.2. The second kappa shape index (κ2) is 6.15. The Morgan fingerprint density at radius 3 is 2.68 bits per heavy atom. The van der Waals surface area contributed by atoms with Gasteiger partial charge in [0, 0.05) is 10.4 Å². The van der Waals surface area contributed by atoms with Crippen molar-refractivity contribution in [2.45, 2.75) is 19.9 Å². The fourth-order valence-corrected chi connectivity index (χ4v) is 3.04. The highest BCUT2D eigenvalue weighted by molar-refractivity contribution is 7.10. The van der Waals surface area contributed by atoms with Crippen LogP contribution in [0.4, 0.5) is 0 Å². The molecule has 4 nitrogen and oxygen atoms in total. The Morgan fingerprint density at radius 1 is 1.23 bits per heavy atom. The molecule has 0 bridgehead atoms. The van der Waals surface area contributed by atoms with Crippen molar-refractivity contribution in [1.29, 1.82) is 0 Å². The van der Waals surface area contributed by atoms with Crippen LogP contribution in [0.5, 0.6) is 0 Å². The van der Waals surface area contributed by atoms with Crippen molar-refractivity contribution in [3.05, 3.63) is 64.0 Å². The van der Waals surface area contributed by atoms with Gasteiger partial charge in [-0.25, -0.2) is 0 Å². The summed E-state index contributed by atoms with van der Waals surface area (Å²) in [5.41, 5.74) is 1.94. The van der Waals surface area contributed by atoms with E-state index in [0.29, 0.717) is 17.0 Å². The minimum Gasteiger partial charge on any atom is -0.360 e. The van der Waals surface area contributed by atoms with Crippen LogP contribution in [0.25, 0.3) is 11.3 Å². The van der Waals surface area contributed by atoms with Crippen molar-refractivity contribution in [2.24, 2.45) is 0 Å². The van der Waals surface area contributed by atoms with Gasteiger partial charge in [-0.2, -0.15) is 0 Å². The molecule has 1 aromatic carbocycles. The lowest BCUT2D eigenvalue weighted by atomic mass is 10.1. The quantitative estimate of drug-likeness (QED) is 0.785. The summed E-state index contributed by atoms with van der Waals surface area (Å²) in [4.78, 5) is 13.7. The Balaban J connectivity index is 1.88. The fourth-order valence-electron chi connectivity index (χ4n) is 2.31. The maximum absolute atomic E-state index is 12.6. The third kappa shape index (κ3) is 2.80. The van der Waals surface area contributed by atoms with Crippen molar-refractivity contribution in [3.63, 3.8) is 0 Å². The molecule has 5 heteroatoms. The third-order valence-corrected chi connectivity index (χ3v) is 4.51. The molecule has 1 amide bonds. The molecule has 1 atom stereocenters. The Hall–Kier alpha value is -2.40. The topological polar surface area (TPSA) is 55.1 Å². The lowest BCUT2D eigenvalue weighted by Crippen LogP contribution is -2.26. The molecule has 0 fully saturated rings. The van der Waals surface area contributed by atoms with Gasteiger partial charge in [0.05, 0.1) is 6.04 Å². The van der Waals surface area contributed by atoms with E-state index in [0.717, 1.165) is 10.4 Å². The smallest absolute Gasteiger partial charge is 0.257 e. The van der Waals surface area contributed by atoms with Crippen molar-refractivity contribution in [2.75, 3.05) is 0 Å². The van der Waals surface area contributed by atoms with E-state index < -0.39 is 0 Å². The number of nitrogens with one attached hydrogen (secondary N) is 1. The number of amides is 1. The molecule has 1 unspecified atom stereocenters. The van der Waals surface area contributed by atoms with Crippen LogP contribution in [-0.2, 0) is 0 Å². The van der Waals surface area contributed by atoms with Gasteiger partial charge in [0.2, 0.25) is 0 Å². The lowest BCUT2D eigenvalue weighted by molar-refractivity contribution is 0.0939. The Labute approximate surface area is 132 Å². The summed E-state index contributed by atoms with van der Waals surface area (Å²) < 4.78 is 5.24. The summed E-state index contributed by atoms with van der Waals surface area (Å²) in [5, 5.41) is 9.05. The number of nitrogens with zero attached hydrogens (tertiary/aromatic N) is 1. The van der Waals surface area contributed by atoms with Crippen LogP contribution in [-0.4, -0.2) is 11.1 Å². The molecule has 0 aliphatic rings. The third-order valence-electron chi connectivity index (χ3n) is 3.45. The first-order chi connectivity index (χ1) is 10.7. The molecule has 3 aromatic rings. The van der Waals surface area contributed by atoms with Crippen molar-refractivity contribution < 1.29 is 9.32 Å². The van der Waals surface area contributed by atoms with Gasteiger partial charge in [-0.05, 0) is 25.3 Å². The molecule has 3 rings (SSSR count). The zero-order valence-electron chi connectivity index (χ0n) is 12.4. The highest BCUT2D eigenvalue weighted by Gasteiger charge is 2.23. The average Bonchev–Trinajstić information content (AvgIpc) is 3.17. The molecule has 0 saturated heterocycles.